The fourth-order valence-electron chi connectivity index (χ4n) is 1.59. The van der Waals surface area contributed by atoms with Gasteiger partial charge in [-0.3, -0.25) is 0 Å². The quantitative estimate of drug-likeness (QED) is 0.842. The van der Waals surface area contributed by atoms with Crippen molar-refractivity contribution < 1.29 is 4.74 Å². The van der Waals surface area contributed by atoms with Crippen molar-refractivity contribution in [3.8, 4) is 5.88 Å². The largest absolute Gasteiger partial charge is 0.478 e. The normalized spacial score (nSPS) is 10.1. The second-order valence-electron chi connectivity index (χ2n) is 3.66. The van der Waals surface area contributed by atoms with Gasteiger partial charge >= 0.3 is 0 Å². The maximum absolute atomic E-state index is 5.68. The molecular formula is C13H16N4O. The van der Waals surface area contributed by atoms with E-state index in [0.717, 1.165) is 11.3 Å². The summed E-state index contributed by atoms with van der Waals surface area (Å²) in [4.78, 5) is 8.16. The van der Waals surface area contributed by atoms with Crippen LogP contribution in [0.4, 0.5) is 11.5 Å². The predicted molar refractivity (Wildman–Crippen MR) is 70.8 cm³/mol. The van der Waals surface area contributed by atoms with E-state index in [0.29, 0.717) is 24.8 Å². The minimum atomic E-state index is 0.479. The number of anilines is 2. The van der Waals surface area contributed by atoms with Crippen LogP contribution in [0.2, 0.25) is 0 Å². The van der Waals surface area contributed by atoms with Gasteiger partial charge in [-0.05, 0) is 18.6 Å². The molecule has 0 aliphatic carbocycles. The molecule has 18 heavy (non-hydrogen) atoms. The fourth-order valence-corrected chi connectivity index (χ4v) is 1.59. The first-order valence-corrected chi connectivity index (χ1v) is 5.83. The zero-order valence-electron chi connectivity index (χ0n) is 10.3. The Hall–Kier alpha value is -2.14. The third-order valence-corrected chi connectivity index (χ3v) is 2.43. The molecule has 0 aliphatic rings. The number of para-hydroxylation sites is 1. The lowest BCUT2D eigenvalue weighted by Crippen LogP contribution is -2.03. The predicted octanol–water partition coefficient (Wildman–Crippen LogP) is 2.08. The Bertz CT molecular complexity index is 516. The molecule has 1 heterocycles. The SMILES string of the molecule is CCOc1cc(Nc2ccccc2CN)ncn1. The number of hydrogen-bond acceptors (Lipinski definition) is 5. The average molecular weight is 244 g/mol. The summed E-state index contributed by atoms with van der Waals surface area (Å²) in [6.07, 6.45) is 1.47. The zero-order valence-corrected chi connectivity index (χ0v) is 10.3. The molecule has 0 fully saturated rings. The summed E-state index contributed by atoms with van der Waals surface area (Å²) in [6, 6.07) is 9.61. The summed E-state index contributed by atoms with van der Waals surface area (Å²) in [5, 5.41) is 3.21. The Labute approximate surface area is 106 Å². The van der Waals surface area contributed by atoms with Crippen LogP contribution in [0.3, 0.4) is 0 Å². The molecule has 0 radical (unpaired) electrons. The summed E-state index contributed by atoms with van der Waals surface area (Å²) in [5.41, 5.74) is 7.67. The minimum Gasteiger partial charge on any atom is -0.478 e. The van der Waals surface area contributed by atoms with Crippen LogP contribution in [0.25, 0.3) is 0 Å². The highest BCUT2D eigenvalue weighted by Gasteiger charge is 2.03. The first-order chi connectivity index (χ1) is 8.83. The molecule has 0 amide bonds. The van der Waals surface area contributed by atoms with Gasteiger partial charge in [0.1, 0.15) is 12.1 Å². The van der Waals surface area contributed by atoms with E-state index in [9.17, 15) is 0 Å². The van der Waals surface area contributed by atoms with E-state index in [4.69, 9.17) is 10.5 Å². The molecule has 2 rings (SSSR count). The highest BCUT2D eigenvalue weighted by molar-refractivity contribution is 5.60. The molecule has 0 spiro atoms. The maximum Gasteiger partial charge on any atom is 0.218 e. The lowest BCUT2D eigenvalue weighted by molar-refractivity contribution is 0.326. The van der Waals surface area contributed by atoms with Crippen LogP contribution in [0.5, 0.6) is 5.88 Å². The van der Waals surface area contributed by atoms with Crippen molar-refractivity contribution in [3.63, 3.8) is 0 Å². The molecule has 5 heteroatoms. The number of benzene rings is 1. The summed E-state index contributed by atoms with van der Waals surface area (Å²) in [6.45, 7) is 2.97. The Morgan fingerprint density at radius 2 is 2.11 bits per heavy atom. The zero-order chi connectivity index (χ0) is 12.8. The van der Waals surface area contributed by atoms with Gasteiger partial charge in [-0.1, -0.05) is 18.2 Å². The van der Waals surface area contributed by atoms with Crippen LogP contribution in [0.15, 0.2) is 36.7 Å². The maximum atomic E-state index is 5.68. The van der Waals surface area contributed by atoms with Gasteiger partial charge in [-0.25, -0.2) is 9.97 Å². The van der Waals surface area contributed by atoms with Crippen LogP contribution in [0, 0.1) is 0 Å². The van der Waals surface area contributed by atoms with Crippen molar-refractivity contribution >= 4 is 11.5 Å². The van der Waals surface area contributed by atoms with Gasteiger partial charge in [0, 0.05) is 18.3 Å². The number of rotatable bonds is 5. The molecule has 0 saturated carbocycles. The Balaban J connectivity index is 2.20. The fraction of sp³-hybridized carbons (Fsp3) is 0.231. The first kappa shape index (κ1) is 12.3. The van der Waals surface area contributed by atoms with E-state index in [1.807, 2.05) is 31.2 Å². The summed E-state index contributed by atoms with van der Waals surface area (Å²) >= 11 is 0. The molecule has 0 aliphatic heterocycles. The number of aromatic nitrogens is 2. The van der Waals surface area contributed by atoms with Gasteiger partial charge in [-0.15, -0.1) is 0 Å². The van der Waals surface area contributed by atoms with Gasteiger partial charge in [0.2, 0.25) is 5.88 Å². The molecule has 2 aromatic rings. The standard InChI is InChI=1S/C13H16N4O/c1-2-18-13-7-12(15-9-16-13)17-11-6-4-3-5-10(11)8-14/h3-7,9H,2,8,14H2,1H3,(H,15,16,17). The van der Waals surface area contributed by atoms with Gasteiger partial charge in [0.25, 0.3) is 0 Å². The average Bonchev–Trinajstić information content (AvgIpc) is 2.40. The Kier molecular flexibility index (Phi) is 4.09. The number of ether oxygens (including phenoxy) is 1. The van der Waals surface area contributed by atoms with Crippen molar-refractivity contribution in [3.05, 3.63) is 42.2 Å². The van der Waals surface area contributed by atoms with Gasteiger partial charge in [-0.2, -0.15) is 0 Å². The van der Waals surface area contributed by atoms with Crippen LogP contribution < -0.4 is 15.8 Å². The van der Waals surface area contributed by atoms with E-state index in [1.54, 1.807) is 6.07 Å². The summed E-state index contributed by atoms with van der Waals surface area (Å²) in [7, 11) is 0. The van der Waals surface area contributed by atoms with E-state index >= 15 is 0 Å². The minimum absolute atomic E-state index is 0.479. The molecule has 1 aromatic heterocycles. The first-order valence-electron chi connectivity index (χ1n) is 5.83. The smallest absolute Gasteiger partial charge is 0.218 e. The van der Waals surface area contributed by atoms with Crippen molar-refractivity contribution in [2.24, 2.45) is 5.73 Å². The van der Waals surface area contributed by atoms with Crippen molar-refractivity contribution in [1.82, 2.24) is 9.97 Å². The molecular weight excluding hydrogens is 228 g/mol. The van der Waals surface area contributed by atoms with E-state index in [2.05, 4.69) is 15.3 Å². The number of nitrogens with two attached hydrogens (primary N) is 1. The van der Waals surface area contributed by atoms with Crippen LogP contribution >= 0.6 is 0 Å². The summed E-state index contributed by atoms with van der Waals surface area (Å²) < 4.78 is 5.32. The molecule has 5 nitrogen and oxygen atoms in total. The highest BCUT2D eigenvalue weighted by Crippen LogP contribution is 2.20. The van der Waals surface area contributed by atoms with Crippen LogP contribution in [-0.4, -0.2) is 16.6 Å². The number of nitrogens with one attached hydrogen (secondary N) is 1. The van der Waals surface area contributed by atoms with Crippen molar-refractivity contribution in [1.29, 1.82) is 0 Å². The van der Waals surface area contributed by atoms with Gasteiger partial charge in [0.05, 0.1) is 6.61 Å². The molecule has 0 atom stereocenters. The molecule has 1 aromatic carbocycles. The Morgan fingerprint density at radius 3 is 2.89 bits per heavy atom. The van der Waals surface area contributed by atoms with Crippen molar-refractivity contribution in [2.75, 3.05) is 11.9 Å². The molecule has 94 valence electrons. The van der Waals surface area contributed by atoms with E-state index in [1.165, 1.54) is 6.33 Å². The van der Waals surface area contributed by atoms with E-state index in [-0.39, 0.29) is 0 Å². The van der Waals surface area contributed by atoms with Gasteiger partial charge in [0.15, 0.2) is 0 Å². The topological polar surface area (TPSA) is 73.1 Å². The second kappa shape index (κ2) is 5.97. The molecule has 0 unspecified atom stereocenters. The third-order valence-electron chi connectivity index (χ3n) is 2.43. The lowest BCUT2D eigenvalue weighted by atomic mass is 10.2. The molecule has 3 N–H and O–H groups in total. The number of hydrogen-bond donors (Lipinski definition) is 2. The monoisotopic (exact) mass is 244 g/mol. The number of nitrogens with zero attached hydrogens (tertiary/aromatic N) is 2. The molecule has 0 bridgehead atoms. The summed E-state index contributed by atoms with van der Waals surface area (Å²) in [5.74, 6) is 1.24. The van der Waals surface area contributed by atoms with Crippen molar-refractivity contribution in [2.45, 2.75) is 13.5 Å². The highest BCUT2D eigenvalue weighted by atomic mass is 16.5. The lowest BCUT2D eigenvalue weighted by Gasteiger charge is -2.10. The second-order valence-corrected chi connectivity index (χ2v) is 3.66. The van der Waals surface area contributed by atoms with Crippen LogP contribution in [0.1, 0.15) is 12.5 Å². The van der Waals surface area contributed by atoms with Crippen LogP contribution in [-0.2, 0) is 6.54 Å². The Morgan fingerprint density at radius 1 is 1.28 bits per heavy atom. The van der Waals surface area contributed by atoms with E-state index < -0.39 is 0 Å². The third kappa shape index (κ3) is 2.95. The van der Waals surface area contributed by atoms with Gasteiger partial charge < -0.3 is 15.8 Å². The molecule has 0 saturated heterocycles.